The van der Waals surface area contributed by atoms with Crippen molar-refractivity contribution in [1.82, 2.24) is 10.6 Å². The van der Waals surface area contributed by atoms with Gasteiger partial charge in [-0.1, -0.05) is 30.3 Å². The first-order valence-electron chi connectivity index (χ1n) is 7.60. The zero-order valence-corrected chi connectivity index (χ0v) is 13.3. The van der Waals surface area contributed by atoms with E-state index in [1.54, 1.807) is 42.5 Å². The average Bonchev–Trinajstić information content (AvgIpc) is 2.64. The highest BCUT2D eigenvalue weighted by Crippen LogP contribution is 2.18. The van der Waals surface area contributed by atoms with Gasteiger partial charge in [0.15, 0.2) is 0 Å². The first-order valence-corrected chi connectivity index (χ1v) is 7.60. The van der Waals surface area contributed by atoms with E-state index in [2.05, 4.69) is 10.6 Å². The topological polar surface area (TPSA) is 101 Å². The Labute approximate surface area is 144 Å². The van der Waals surface area contributed by atoms with Crippen molar-refractivity contribution in [3.05, 3.63) is 81.9 Å². The molecule has 7 heteroatoms. The molecular weight excluding hydrogens is 322 g/mol. The minimum absolute atomic E-state index is 0.0679. The molecule has 0 radical (unpaired) electrons. The number of carbonyl (C=O) groups is 2. The normalized spacial score (nSPS) is 10.4. The summed E-state index contributed by atoms with van der Waals surface area (Å²) in [6, 6.07) is 14.9. The molecular formula is C18H17N3O4. The van der Waals surface area contributed by atoms with Crippen molar-refractivity contribution >= 4 is 23.6 Å². The minimum Gasteiger partial charge on any atom is -0.351 e. The van der Waals surface area contributed by atoms with Gasteiger partial charge in [-0.25, -0.2) is 0 Å². The predicted octanol–water partition coefficient (Wildman–Crippen LogP) is 2.15. The predicted molar refractivity (Wildman–Crippen MR) is 93.9 cm³/mol. The van der Waals surface area contributed by atoms with E-state index in [9.17, 15) is 19.7 Å². The van der Waals surface area contributed by atoms with Crippen molar-refractivity contribution in [2.75, 3.05) is 13.1 Å². The molecule has 0 bridgehead atoms. The second-order valence-electron chi connectivity index (χ2n) is 5.06. The molecule has 7 nitrogen and oxygen atoms in total. The number of nitro groups is 1. The van der Waals surface area contributed by atoms with Crippen LogP contribution in [0.1, 0.15) is 15.9 Å². The monoisotopic (exact) mass is 339 g/mol. The Balaban J connectivity index is 1.78. The van der Waals surface area contributed by atoms with E-state index >= 15 is 0 Å². The number of hydrogen-bond acceptors (Lipinski definition) is 4. The minimum atomic E-state index is -0.503. The van der Waals surface area contributed by atoms with E-state index in [1.807, 2.05) is 6.07 Å². The van der Waals surface area contributed by atoms with Gasteiger partial charge in [0.25, 0.3) is 11.6 Å². The number of nitrogens with one attached hydrogen (secondary N) is 2. The van der Waals surface area contributed by atoms with Crippen LogP contribution in [0.25, 0.3) is 6.08 Å². The number of hydrogen-bond donors (Lipinski definition) is 2. The van der Waals surface area contributed by atoms with Crippen molar-refractivity contribution in [1.29, 1.82) is 0 Å². The molecule has 0 fully saturated rings. The van der Waals surface area contributed by atoms with E-state index in [1.165, 1.54) is 18.2 Å². The lowest BCUT2D eigenvalue weighted by Gasteiger charge is -2.05. The Kier molecular flexibility index (Phi) is 6.41. The van der Waals surface area contributed by atoms with E-state index in [0.29, 0.717) is 11.1 Å². The van der Waals surface area contributed by atoms with Crippen LogP contribution in [0.4, 0.5) is 5.69 Å². The maximum absolute atomic E-state index is 11.8. The molecule has 0 aliphatic rings. The fourth-order valence-electron chi connectivity index (χ4n) is 2.07. The molecule has 0 saturated heterocycles. The zero-order valence-electron chi connectivity index (χ0n) is 13.3. The third kappa shape index (κ3) is 5.58. The van der Waals surface area contributed by atoms with Gasteiger partial charge >= 0.3 is 0 Å². The molecule has 2 N–H and O–H groups in total. The lowest BCUT2D eigenvalue weighted by atomic mass is 10.1. The van der Waals surface area contributed by atoms with E-state index in [0.717, 1.165) is 0 Å². The van der Waals surface area contributed by atoms with Gasteiger partial charge in [-0.2, -0.15) is 0 Å². The molecule has 25 heavy (non-hydrogen) atoms. The van der Waals surface area contributed by atoms with Crippen LogP contribution in [0, 0.1) is 10.1 Å². The highest BCUT2D eigenvalue weighted by Gasteiger charge is 2.09. The van der Waals surface area contributed by atoms with Gasteiger partial charge in [-0.3, -0.25) is 19.7 Å². The first kappa shape index (κ1) is 17.9. The second kappa shape index (κ2) is 8.97. The molecule has 0 heterocycles. The summed E-state index contributed by atoms with van der Waals surface area (Å²) < 4.78 is 0. The zero-order chi connectivity index (χ0) is 18.1. The van der Waals surface area contributed by atoms with Gasteiger partial charge in [0.05, 0.1) is 10.5 Å². The number of nitrogens with zero attached hydrogens (tertiary/aromatic N) is 1. The highest BCUT2D eigenvalue weighted by molar-refractivity contribution is 5.94. The third-order valence-corrected chi connectivity index (χ3v) is 3.29. The fraction of sp³-hybridized carbons (Fsp3) is 0.111. The SMILES string of the molecule is O=C(/C=C/c1ccccc1[N+](=O)[O-])NCCNC(=O)c1ccccc1. The second-order valence-corrected chi connectivity index (χ2v) is 5.06. The average molecular weight is 339 g/mol. The Bertz CT molecular complexity index is 788. The number of benzene rings is 2. The maximum atomic E-state index is 11.8. The standard InChI is InChI=1S/C18H17N3O4/c22-17(11-10-14-6-4-5-9-16(14)21(24)25)19-12-13-20-18(23)15-7-2-1-3-8-15/h1-11H,12-13H2,(H,19,22)(H,20,23)/b11-10+. The van der Waals surface area contributed by atoms with Gasteiger partial charge in [-0.05, 0) is 24.3 Å². The number of amides is 2. The summed E-state index contributed by atoms with van der Waals surface area (Å²) in [6.45, 7) is 0.525. The molecule has 0 aromatic heterocycles. The highest BCUT2D eigenvalue weighted by atomic mass is 16.6. The van der Waals surface area contributed by atoms with Crippen molar-refractivity contribution < 1.29 is 14.5 Å². The summed E-state index contributed by atoms with van der Waals surface area (Å²) in [5.41, 5.74) is 0.826. The molecule has 2 rings (SSSR count). The van der Waals surface area contributed by atoms with Gasteiger partial charge in [0, 0.05) is 30.8 Å². The van der Waals surface area contributed by atoms with E-state index in [4.69, 9.17) is 0 Å². The molecule has 0 saturated carbocycles. The molecule has 0 aliphatic carbocycles. The number of carbonyl (C=O) groups excluding carboxylic acids is 2. The van der Waals surface area contributed by atoms with Crippen LogP contribution in [-0.4, -0.2) is 29.8 Å². The van der Waals surface area contributed by atoms with Gasteiger partial charge in [0.1, 0.15) is 0 Å². The summed E-state index contributed by atoms with van der Waals surface area (Å²) in [4.78, 5) is 33.9. The van der Waals surface area contributed by atoms with Crippen LogP contribution in [0.2, 0.25) is 0 Å². The molecule has 0 spiro atoms. The Morgan fingerprint density at radius 3 is 2.32 bits per heavy atom. The van der Waals surface area contributed by atoms with Crippen molar-refractivity contribution in [2.45, 2.75) is 0 Å². The Morgan fingerprint density at radius 1 is 0.960 bits per heavy atom. The van der Waals surface area contributed by atoms with Crippen LogP contribution in [0.3, 0.4) is 0 Å². The fourth-order valence-corrected chi connectivity index (χ4v) is 2.07. The molecule has 0 aliphatic heterocycles. The smallest absolute Gasteiger partial charge is 0.276 e. The molecule has 2 aromatic carbocycles. The number of nitro benzene ring substituents is 1. The summed E-state index contributed by atoms with van der Waals surface area (Å²) in [6.07, 6.45) is 2.61. The molecule has 0 unspecified atom stereocenters. The first-order chi connectivity index (χ1) is 12.1. The molecule has 128 valence electrons. The van der Waals surface area contributed by atoms with Crippen LogP contribution in [0.15, 0.2) is 60.7 Å². The Morgan fingerprint density at radius 2 is 1.60 bits per heavy atom. The molecule has 2 aromatic rings. The third-order valence-electron chi connectivity index (χ3n) is 3.29. The van der Waals surface area contributed by atoms with Gasteiger partial charge < -0.3 is 10.6 Å². The molecule has 2 amide bonds. The van der Waals surface area contributed by atoms with Crippen molar-refractivity contribution in [3.8, 4) is 0 Å². The van der Waals surface area contributed by atoms with Gasteiger partial charge in [-0.15, -0.1) is 0 Å². The largest absolute Gasteiger partial charge is 0.351 e. The van der Waals surface area contributed by atoms with E-state index < -0.39 is 10.8 Å². The molecule has 0 atom stereocenters. The quantitative estimate of drug-likeness (QED) is 0.349. The summed E-state index contributed by atoms with van der Waals surface area (Å²) >= 11 is 0. The van der Waals surface area contributed by atoms with Crippen LogP contribution < -0.4 is 10.6 Å². The summed E-state index contributed by atoms with van der Waals surface area (Å²) in [5, 5.41) is 16.2. The summed E-state index contributed by atoms with van der Waals surface area (Å²) in [5.74, 6) is -0.614. The summed E-state index contributed by atoms with van der Waals surface area (Å²) in [7, 11) is 0. The lowest BCUT2D eigenvalue weighted by molar-refractivity contribution is -0.385. The van der Waals surface area contributed by atoms with E-state index in [-0.39, 0.29) is 24.7 Å². The van der Waals surface area contributed by atoms with Crippen LogP contribution in [0.5, 0.6) is 0 Å². The van der Waals surface area contributed by atoms with Gasteiger partial charge in [0.2, 0.25) is 5.91 Å². The lowest BCUT2D eigenvalue weighted by Crippen LogP contribution is -2.33. The van der Waals surface area contributed by atoms with Crippen molar-refractivity contribution in [2.24, 2.45) is 0 Å². The van der Waals surface area contributed by atoms with Crippen molar-refractivity contribution in [3.63, 3.8) is 0 Å². The maximum Gasteiger partial charge on any atom is 0.276 e. The number of para-hydroxylation sites is 1. The van der Waals surface area contributed by atoms with Crippen LogP contribution in [-0.2, 0) is 4.79 Å². The number of rotatable bonds is 7. The van der Waals surface area contributed by atoms with Crippen LogP contribution >= 0.6 is 0 Å². The Hall–Kier alpha value is -3.48.